The molecule has 0 atom stereocenters. The van der Waals surface area contributed by atoms with Gasteiger partial charge in [0.15, 0.2) is 0 Å². The van der Waals surface area contributed by atoms with Crippen LogP contribution >= 0.6 is 0 Å². The summed E-state index contributed by atoms with van der Waals surface area (Å²) >= 11 is 0. The zero-order valence-electron chi connectivity index (χ0n) is 6.82. The van der Waals surface area contributed by atoms with Crippen molar-refractivity contribution in [2.45, 2.75) is 38.6 Å². The summed E-state index contributed by atoms with van der Waals surface area (Å²) in [6.07, 6.45) is 6.59. The lowest BCUT2D eigenvalue weighted by atomic mass is 10.2. The minimum Gasteiger partial charge on any atom is -0.340 e. The van der Waals surface area contributed by atoms with Gasteiger partial charge in [0.25, 0.3) is 5.97 Å². The zero-order valence-corrected chi connectivity index (χ0v) is 6.82. The summed E-state index contributed by atoms with van der Waals surface area (Å²) in [5, 5.41) is 25.2. The number of allylic oxidation sites excluding steroid dienone is 1. The Morgan fingerprint density at radius 1 is 1.18 bits per heavy atom. The Hall–Kier alpha value is -0.380. The summed E-state index contributed by atoms with van der Waals surface area (Å²) in [7, 11) is 0. The number of unbranched alkanes of at least 4 members (excludes halogenated alkanes) is 3. The summed E-state index contributed by atoms with van der Waals surface area (Å²) in [5.41, 5.74) is 0. The monoisotopic (exact) mass is 160 g/mol. The predicted octanol–water partition coefficient (Wildman–Crippen LogP) is 0.754. The molecule has 0 aromatic rings. The number of rotatable bonds is 5. The summed E-state index contributed by atoms with van der Waals surface area (Å²) < 4.78 is 0. The fourth-order valence-corrected chi connectivity index (χ4v) is 0.754. The third-order valence-corrected chi connectivity index (χ3v) is 1.32. The van der Waals surface area contributed by atoms with Gasteiger partial charge in [0, 0.05) is 0 Å². The molecule has 0 bridgehead atoms. The van der Waals surface area contributed by atoms with Gasteiger partial charge < -0.3 is 15.3 Å². The van der Waals surface area contributed by atoms with E-state index in [0.717, 1.165) is 31.8 Å². The minimum absolute atomic E-state index is 0.775. The highest BCUT2D eigenvalue weighted by Crippen LogP contribution is 2.02. The molecule has 0 aromatic heterocycles. The van der Waals surface area contributed by atoms with Crippen molar-refractivity contribution < 1.29 is 15.3 Å². The van der Waals surface area contributed by atoms with Crippen LogP contribution in [0.2, 0.25) is 0 Å². The lowest BCUT2D eigenvalue weighted by Crippen LogP contribution is -2.23. The van der Waals surface area contributed by atoms with Gasteiger partial charge in [-0.3, -0.25) is 0 Å². The van der Waals surface area contributed by atoms with E-state index < -0.39 is 5.97 Å². The first-order chi connectivity index (χ1) is 5.06. The average Bonchev–Trinajstić information content (AvgIpc) is 1.85. The fourth-order valence-electron chi connectivity index (χ4n) is 0.754. The Morgan fingerprint density at radius 2 is 1.82 bits per heavy atom. The highest BCUT2D eigenvalue weighted by Gasteiger charge is 2.10. The Kier molecular flexibility index (Phi) is 5.11. The molecule has 0 aliphatic heterocycles. The van der Waals surface area contributed by atoms with Crippen LogP contribution in [0.3, 0.4) is 0 Å². The van der Waals surface area contributed by atoms with Crippen LogP contribution in [0.15, 0.2) is 12.2 Å². The molecule has 0 aliphatic carbocycles. The molecule has 3 heteroatoms. The third-order valence-electron chi connectivity index (χ3n) is 1.32. The Balaban J connectivity index is 3.30. The Morgan fingerprint density at radius 3 is 2.27 bits per heavy atom. The molecule has 0 unspecified atom stereocenters. The summed E-state index contributed by atoms with van der Waals surface area (Å²) in [6.45, 7) is 2.10. The maximum absolute atomic E-state index is 8.40. The molecule has 0 radical (unpaired) electrons. The van der Waals surface area contributed by atoms with Crippen LogP contribution in [0.5, 0.6) is 0 Å². The van der Waals surface area contributed by atoms with Crippen LogP contribution in [0.1, 0.15) is 32.6 Å². The summed E-state index contributed by atoms with van der Waals surface area (Å²) in [4.78, 5) is 0. The van der Waals surface area contributed by atoms with Gasteiger partial charge in [0.1, 0.15) is 0 Å². The second-order valence-electron chi connectivity index (χ2n) is 2.59. The third kappa shape index (κ3) is 9.62. The topological polar surface area (TPSA) is 60.7 Å². The van der Waals surface area contributed by atoms with Crippen LogP contribution in [0.4, 0.5) is 0 Å². The van der Waals surface area contributed by atoms with Crippen LogP contribution in [0.25, 0.3) is 0 Å². The number of hydrogen-bond donors (Lipinski definition) is 3. The highest BCUT2D eigenvalue weighted by molar-refractivity contribution is 4.87. The summed E-state index contributed by atoms with van der Waals surface area (Å²) in [5.74, 6) is -2.63. The van der Waals surface area contributed by atoms with Gasteiger partial charge in [-0.2, -0.15) is 0 Å². The first kappa shape index (κ1) is 10.6. The molecule has 3 N–H and O–H groups in total. The molecular weight excluding hydrogens is 144 g/mol. The van der Waals surface area contributed by atoms with E-state index in [-0.39, 0.29) is 0 Å². The van der Waals surface area contributed by atoms with Crippen molar-refractivity contribution >= 4 is 0 Å². The maximum atomic E-state index is 8.40. The normalized spacial score (nSPS) is 12.7. The molecule has 0 amide bonds. The Labute approximate surface area is 67.0 Å². The van der Waals surface area contributed by atoms with E-state index in [1.807, 2.05) is 0 Å². The van der Waals surface area contributed by atoms with Gasteiger partial charge in [-0.25, -0.2) is 0 Å². The second kappa shape index (κ2) is 5.29. The van der Waals surface area contributed by atoms with E-state index in [0.29, 0.717) is 0 Å². The van der Waals surface area contributed by atoms with Crippen molar-refractivity contribution in [2.75, 3.05) is 0 Å². The molecule has 0 fully saturated rings. The molecule has 0 heterocycles. The van der Waals surface area contributed by atoms with Crippen LogP contribution in [-0.2, 0) is 0 Å². The van der Waals surface area contributed by atoms with Gasteiger partial charge in [-0.1, -0.05) is 25.8 Å². The first-order valence-corrected chi connectivity index (χ1v) is 3.91. The van der Waals surface area contributed by atoms with Gasteiger partial charge in [-0.15, -0.1) is 0 Å². The summed E-state index contributed by atoms with van der Waals surface area (Å²) in [6, 6.07) is 0. The van der Waals surface area contributed by atoms with Crippen LogP contribution in [0, 0.1) is 0 Å². The van der Waals surface area contributed by atoms with E-state index in [9.17, 15) is 0 Å². The molecule has 0 saturated carbocycles. The SMILES string of the molecule is CCCCCC=CC(O)(O)O. The Bertz CT molecular complexity index is 113. The highest BCUT2D eigenvalue weighted by atomic mass is 16.7. The quantitative estimate of drug-likeness (QED) is 0.316. The van der Waals surface area contributed by atoms with Gasteiger partial charge in [-0.05, 0) is 18.9 Å². The van der Waals surface area contributed by atoms with E-state index in [2.05, 4.69) is 6.92 Å². The lowest BCUT2D eigenvalue weighted by Gasteiger charge is -2.06. The zero-order chi connectivity index (χ0) is 8.74. The molecule has 0 saturated heterocycles. The maximum Gasteiger partial charge on any atom is 0.297 e. The fraction of sp³-hybridized carbons (Fsp3) is 0.750. The lowest BCUT2D eigenvalue weighted by molar-refractivity contribution is -0.273. The van der Waals surface area contributed by atoms with Crippen molar-refractivity contribution in [3.8, 4) is 0 Å². The molecular formula is C8H16O3. The smallest absolute Gasteiger partial charge is 0.297 e. The van der Waals surface area contributed by atoms with E-state index in [1.165, 1.54) is 0 Å². The van der Waals surface area contributed by atoms with Crippen LogP contribution < -0.4 is 0 Å². The minimum atomic E-state index is -2.63. The first-order valence-electron chi connectivity index (χ1n) is 3.91. The van der Waals surface area contributed by atoms with E-state index in [4.69, 9.17) is 15.3 Å². The van der Waals surface area contributed by atoms with Crippen molar-refractivity contribution in [1.29, 1.82) is 0 Å². The van der Waals surface area contributed by atoms with Gasteiger partial charge in [0.05, 0.1) is 0 Å². The molecule has 0 aromatic carbocycles. The van der Waals surface area contributed by atoms with E-state index >= 15 is 0 Å². The molecule has 66 valence electrons. The largest absolute Gasteiger partial charge is 0.340 e. The molecule has 0 rings (SSSR count). The molecule has 0 spiro atoms. The van der Waals surface area contributed by atoms with Crippen molar-refractivity contribution in [1.82, 2.24) is 0 Å². The second-order valence-corrected chi connectivity index (χ2v) is 2.59. The van der Waals surface area contributed by atoms with Crippen molar-refractivity contribution in [3.63, 3.8) is 0 Å². The standard InChI is InChI=1S/C8H16O3/c1-2-3-4-5-6-7-8(9,10)11/h6-7,9-11H,2-5H2,1H3. The molecule has 3 nitrogen and oxygen atoms in total. The van der Waals surface area contributed by atoms with E-state index in [1.54, 1.807) is 6.08 Å². The van der Waals surface area contributed by atoms with Gasteiger partial charge in [0.2, 0.25) is 0 Å². The predicted molar refractivity (Wildman–Crippen MR) is 42.7 cm³/mol. The van der Waals surface area contributed by atoms with Gasteiger partial charge >= 0.3 is 0 Å². The molecule has 0 aliphatic rings. The number of hydrogen-bond acceptors (Lipinski definition) is 3. The van der Waals surface area contributed by atoms with Crippen molar-refractivity contribution in [3.05, 3.63) is 12.2 Å². The van der Waals surface area contributed by atoms with Crippen LogP contribution in [-0.4, -0.2) is 21.3 Å². The van der Waals surface area contributed by atoms with Crippen molar-refractivity contribution in [2.24, 2.45) is 0 Å². The average molecular weight is 160 g/mol. The molecule has 11 heavy (non-hydrogen) atoms. The number of aliphatic hydroxyl groups is 3.